The highest BCUT2D eigenvalue weighted by atomic mass is 15.3. The summed E-state index contributed by atoms with van der Waals surface area (Å²) in [7, 11) is 1.80. The molecule has 1 rings (SSSR count). The molecule has 1 aliphatic heterocycles. The van der Waals surface area contributed by atoms with Crippen LogP contribution in [0.3, 0.4) is 0 Å². The van der Waals surface area contributed by atoms with Crippen molar-refractivity contribution < 1.29 is 0 Å². The molecule has 0 saturated carbocycles. The molecule has 2 nitrogen and oxygen atoms in total. The van der Waals surface area contributed by atoms with Gasteiger partial charge in [0.25, 0.3) is 0 Å². The van der Waals surface area contributed by atoms with Gasteiger partial charge in [-0.3, -0.25) is 4.99 Å². The molecule has 1 unspecified atom stereocenters. The summed E-state index contributed by atoms with van der Waals surface area (Å²) in [4.78, 5) is 6.03. The van der Waals surface area contributed by atoms with E-state index in [1.165, 1.54) is 6.54 Å². The highest BCUT2D eigenvalue weighted by Crippen LogP contribution is 2.11. The normalized spacial score (nSPS) is 29.4. The lowest BCUT2D eigenvalue weighted by atomic mass is 10.6. The Morgan fingerprint density at radius 3 is 2.57 bits per heavy atom. The van der Waals surface area contributed by atoms with E-state index in [1.807, 2.05) is 6.34 Å². The largest absolute Gasteiger partial charge is 0.356 e. The summed E-state index contributed by atoms with van der Waals surface area (Å²) in [6, 6.07) is 0.753. The van der Waals surface area contributed by atoms with E-state index in [-0.39, 0.29) is 0 Å². The van der Waals surface area contributed by atoms with Crippen LogP contribution in [0.1, 0.15) is 6.92 Å². The standard InChI is InChI=1S/C5H10N2/c1-5-3-7(5)4-6-2/h4-5H,3H2,1-2H3. The lowest BCUT2D eigenvalue weighted by molar-refractivity contribution is 0.785. The van der Waals surface area contributed by atoms with E-state index in [4.69, 9.17) is 0 Å². The Morgan fingerprint density at radius 2 is 2.43 bits per heavy atom. The zero-order valence-electron chi connectivity index (χ0n) is 4.76. The Balaban J connectivity index is 2.21. The molecule has 40 valence electrons. The third kappa shape index (κ3) is 0.918. The maximum absolute atomic E-state index is 3.85. The molecule has 0 radical (unpaired) electrons. The highest BCUT2D eigenvalue weighted by Gasteiger charge is 2.24. The summed E-state index contributed by atoms with van der Waals surface area (Å²) in [6.07, 6.45) is 1.88. The van der Waals surface area contributed by atoms with E-state index in [0.717, 1.165) is 6.04 Å². The van der Waals surface area contributed by atoms with E-state index in [2.05, 4.69) is 16.8 Å². The van der Waals surface area contributed by atoms with Gasteiger partial charge in [0.15, 0.2) is 0 Å². The average Bonchev–Trinajstić information content (AvgIpc) is 2.22. The van der Waals surface area contributed by atoms with Crippen LogP contribution in [-0.4, -0.2) is 30.9 Å². The minimum Gasteiger partial charge on any atom is -0.356 e. The first-order valence-electron chi connectivity index (χ1n) is 2.52. The van der Waals surface area contributed by atoms with E-state index in [0.29, 0.717) is 0 Å². The molecule has 0 N–H and O–H groups in total. The number of hydrogen-bond donors (Lipinski definition) is 0. The number of aliphatic imine (C=N–C) groups is 1. The molecular formula is C5H10N2. The molecule has 7 heavy (non-hydrogen) atoms. The van der Waals surface area contributed by atoms with Gasteiger partial charge in [-0.15, -0.1) is 0 Å². The molecule has 0 aromatic rings. The first-order valence-corrected chi connectivity index (χ1v) is 2.52. The van der Waals surface area contributed by atoms with Gasteiger partial charge >= 0.3 is 0 Å². The number of hydrogen-bond acceptors (Lipinski definition) is 1. The zero-order chi connectivity index (χ0) is 5.28. The van der Waals surface area contributed by atoms with Crippen LogP contribution in [0.5, 0.6) is 0 Å². The molecular weight excluding hydrogens is 88.1 g/mol. The van der Waals surface area contributed by atoms with Gasteiger partial charge in [-0.05, 0) is 6.92 Å². The summed E-state index contributed by atoms with van der Waals surface area (Å²) in [5.41, 5.74) is 0. The second-order valence-corrected chi connectivity index (χ2v) is 1.92. The minimum atomic E-state index is 0.753. The van der Waals surface area contributed by atoms with E-state index in [1.54, 1.807) is 7.05 Å². The van der Waals surface area contributed by atoms with Crippen molar-refractivity contribution >= 4 is 6.34 Å². The molecule has 0 aromatic carbocycles. The molecule has 0 aliphatic carbocycles. The highest BCUT2D eigenvalue weighted by molar-refractivity contribution is 5.58. The summed E-state index contributed by atoms with van der Waals surface area (Å²) in [5, 5.41) is 0. The van der Waals surface area contributed by atoms with Crippen molar-refractivity contribution in [1.29, 1.82) is 0 Å². The summed E-state index contributed by atoms with van der Waals surface area (Å²) in [5.74, 6) is 0. The molecule has 0 spiro atoms. The fraction of sp³-hybridized carbons (Fsp3) is 0.800. The molecule has 0 bridgehead atoms. The van der Waals surface area contributed by atoms with Crippen LogP contribution >= 0.6 is 0 Å². The lowest BCUT2D eigenvalue weighted by Gasteiger charge is -1.85. The second-order valence-electron chi connectivity index (χ2n) is 1.92. The minimum absolute atomic E-state index is 0.753. The van der Waals surface area contributed by atoms with Crippen molar-refractivity contribution in [2.24, 2.45) is 4.99 Å². The molecule has 0 aromatic heterocycles. The first kappa shape index (κ1) is 4.62. The second kappa shape index (κ2) is 1.52. The average molecular weight is 98.1 g/mol. The number of rotatable bonds is 1. The third-order valence-corrected chi connectivity index (χ3v) is 1.17. The molecule has 1 aliphatic rings. The van der Waals surface area contributed by atoms with E-state index < -0.39 is 0 Å². The topological polar surface area (TPSA) is 15.4 Å². The van der Waals surface area contributed by atoms with Gasteiger partial charge in [-0.2, -0.15) is 0 Å². The van der Waals surface area contributed by atoms with Gasteiger partial charge in [0.05, 0.1) is 6.34 Å². The summed E-state index contributed by atoms with van der Waals surface area (Å²) >= 11 is 0. The Labute approximate surface area is 43.8 Å². The van der Waals surface area contributed by atoms with E-state index in [9.17, 15) is 0 Å². The van der Waals surface area contributed by atoms with E-state index >= 15 is 0 Å². The molecule has 2 heteroatoms. The maximum atomic E-state index is 3.85. The fourth-order valence-electron chi connectivity index (χ4n) is 0.567. The molecule has 0 amide bonds. The van der Waals surface area contributed by atoms with Crippen LogP contribution in [-0.2, 0) is 0 Å². The Kier molecular flexibility index (Phi) is 1.01. The Morgan fingerprint density at radius 1 is 1.86 bits per heavy atom. The van der Waals surface area contributed by atoms with Crippen molar-refractivity contribution in [2.45, 2.75) is 13.0 Å². The molecule has 1 heterocycles. The van der Waals surface area contributed by atoms with Gasteiger partial charge in [0.1, 0.15) is 0 Å². The summed E-state index contributed by atoms with van der Waals surface area (Å²) in [6.45, 7) is 3.37. The van der Waals surface area contributed by atoms with Crippen molar-refractivity contribution in [3.05, 3.63) is 0 Å². The maximum Gasteiger partial charge on any atom is 0.0850 e. The van der Waals surface area contributed by atoms with Gasteiger partial charge in [-0.25, -0.2) is 0 Å². The fourth-order valence-corrected chi connectivity index (χ4v) is 0.567. The predicted octanol–water partition coefficient (Wildman–Crippen LogP) is 0.349. The molecule has 1 atom stereocenters. The van der Waals surface area contributed by atoms with Gasteiger partial charge in [0.2, 0.25) is 0 Å². The van der Waals surface area contributed by atoms with Gasteiger partial charge in [-0.1, -0.05) is 0 Å². The Hall–Kier alpha value is -0.530. The third-order valence-electron chi connectivity index (χ3n) is 1.17. The van der Waals surface area contributed by atoms with Crippen LogP contribution in [0.2, 0.25) is 0 Å². The smallest absolute Gasteiger partial charge is 0.0850 e. The quantitative estimate of drug-likeness (QED) is 0.262. The van der Waals surface area contributed by atoms with Crippen molar-refractivity contribution in [1.82, 2.24) is 4.90 Å². The monoisotopic (exact) mass is 98.1 g/mol. The molecule has 1 fully saturated rings. The van der Waals surface area contributed by atoms with Crippen LogP contribution < -0.4 is 0 Å². The predicted molar refractivity (Wildman–Crippen MR) is 30.6 cm³/mol. The van der Waals surface area contributed by atoms with Crippen molar-refractivity contribution in [3.63, 3.8) is 0 Å². The number of nitrogens with zero attached hydrogens (tertiary/aromatic N) is 2. The molecule has 1 saturated heterocycles. The van der Waals surface area contributed by atoms with Crippen molar-refractivity contribution in [3.8, 4) is 0 Å². The van der Waals surface area contributed by atoms with Gasteiger partial charge < -0.3 is 4.90 Å². The van der Waals surface area contributed by atoms with Gasteiger partial charge in [0, 0.05) is 19.6 Å². The lowest BCUT2D eigenvalue weighted by Crippen LogP contribution is -1.92. The Bertz CT molecular complexity index is 88.1. The van der Waals surface area contributed by atoms with Crippen LogP contribution in [0.15, 0.2) is 4.99 Å². The SMILES string of the molecule is CN=CN1CC1C. The zero-order valence-corrected chi connectivity index (χ0v) is 4.76. The first-order chi connectivity index (χ1) is 3.34. The van der Waals surface area contributed by atoms with Crippen LogP contribution in [0.4, 0.5) is 0 Å². The van der Waals surface area contributed by atoms with Crippen LogP contribution in [0, 0.1) is 0 Å². The summed E-state index contributed by atoms with van der Waals surface area (Å²) < 4.78 is 0. The van der Waals surface area contributed by atoms with Crippen LogP contribution in [0.25, 0.3) is 0 Å². The van der Waals surface area contributed by atoms with Crippen molar-refractivity contribution in [2.75, 3.05) is 13.6 Å².